The van der Waals surface area contributed by atoms with Crippen LogP contribution in [0.25, 0.3) is 0 Å². The molecule has 0 N–H and O–H groups in total. The highest BCUT2D eigenvalue weighted by Gasteiger charge is 2.49. The van der Waals surface area contributed by atoms with Crippen molar-refractivity contribution < 1.29 is 9.53 Å². The average molecular weight is 283 g/mol. The number of aromatic nitrogens is 2. The van der Waals surface area contributed by atoms with E-state index in [9.17, 15) is 10.1 Å². The molecule has 3 unspecified atom stereocenters. The molecule has 5 heteroatoms. The van der Waals surface area contributed by atoms with Gasteiger partial charge in [0.25, 0.3) is 0 Å². The minimum Gasteiger partial charge on any atom is -0.481 e. The van der Waals surface area contributed by atoms with E-state index in [-0.39, 0.29) is 23.2 Å². The number of nitrogens with zero attached hydrogens (tertiary/aromatic N) is 3. The van der Waals surface area contributed by atoms with Gasteiger partial charge in [0.15, 0.2) is 5.78 Å². The van der Waals surface area contributed by atoms with Gasteiger partial charge in [-0.2, -0.15) is 5.26 Å². The van der Waals surface area contributed by atoms with Gasteiger partial charge in [0.05, 0.1) is 18.4 Å². The van der Waals surface area contributed by atoms with Crippen molar-refractivity contribution in [1.82, 2.24) is 9.97 Å². The largest absolute Gasteiger partial charge is 0.481 e. The lowest BCUT2D eigenvalue weighted by Crippen LogP contribution is -2.46. The van der Waals surface area contributed by atoms with E-state index < -0.39 is 5.41 Å². The van der Waals surface area contributed by atoms with Crippen molar-refractivity contribution in [1.29, 1.82) is 5.26 Å². The summed E-state index contributed by atoms with van der Waals surface area (Å²) < 4.78 is 5.33. The molecule has 0 fully saturated rings. The van der Waals surface area contributed by atoms with Gasteiger partial charge in [-0.15, -0.1) is 0 Å². The SMILES string of the molecule is COc1ncnc2c1CCC1C(C)C(=O)C(C#N)=CC21C. The smallest absolute Gasteiger partial charge is 0.219 e. The Balaban J connectivity index is 2.24. The zero-order valence-electron chi connectivity index (χ0n) is 12.4. The van der Waals surface area contributed by atoms with Crippen molar-refractivity contribution >= 4 is 5.78 Å². The molecular weight excluding hydrogens is 266 g/mol. The van der Waals surface area contributed by atoms with E-state index in [2.05, 4.69) is 16.9 Å². The first-order valence-corrected chi connectivity index (χ1v) is 7.08. The highest BCUT2D eigenvalue weighted by Crippen LogP contribution is 2.50. The van der Waals surface area contributed by atoms with Crippen molar-refractivity contribution in [2.24, 2.45) is 11.8 Å². The zero-order chi connectivity index (χ0) is 15.2. The van der Waals surface area contributed by atoms with E-state index in [1.54, 1.807) is 13.2 Å². The number of allylic oxidation sites excluding steroid dienone is 2. The van der Waals surface area contributed by atoms with E-state index >= 15 is 0 Å². The average Bonchev–Trinajstić information content (AvgIpc) is 2.50. The Morgan fingerprint density at radius 1 is 1.48 bits per heavy atom. The first kappa shape index (κ1) is 13.7. The molecule has 0 amide bonds. The molecule has 21 heavy (non-hydrogen) atoms. The number of fused-ring (bicyclic) bond motifs is 3. The molecule has 3 rings (SSSR count). The van der Waals surface area contributed by atoms with Crippen molar-refractivity contribution in [3.8, 4) is 11.9 Å². The third-order valence-corrected chi connectivity index (χ3v) is 4.93. The second-order valence-electron chi connectivity index (χ2n) is 5.96. The van der Waals surface area contributed by atoms with E-state index in [4.69, 9.17) is 4.74 Å². The first-order chi connectivity index (χ1) is 10.0. The topological polar surface area (TPSA) is 75.9 Å². The summed E-state index contributed by atoms with van der Waals surface area (Å²) >= 11 is 0. The lowest BCUT2D eigenvalue weighted by molar-refractivity contribution is -0.121. The highest BCUT2D eigenvalue weighted by atomic mass is 16.5. The molecule has 1 aromatic rings. The van der Waals surface area contributed by atoms with Crippen molar-refractivity contribution in [3.63, 3.8) is 0 Å². The number of Topliss-reactive ketones (excluding diaryl/α,β-unsaturated/α-hetero) is 1. The summed E-state index contributed by atoms with van der Waals surface area (Å²) in [5, 5.41) is 9.24. The van der Waals surface area contributed by atoms with Crippen LogP contribution in [0.1, 0.15) is 31.5 Å². The van der Waals surface area contributed by atoms with E-state index in [1.165, 1.54) is 6.33 Å². The van der Waals surface area contributed by atoms with Gasteiger partial charge in [-0.1, -0.05) is 19.9 Å². The lowest BCUT2D eigenvalue weighted by Gasteiger charge is -2.45. The van der Waals surface area contributed by atoms with Gasteiger partial charge < -0.3 is 4.74 Å². The fourth-order valence-electron chi connectivity index (χ4n) is 3.87. The maximum Gasteiger partial charge on any atom is 0.219 e. The maximum absolute atomic E-state index is 12.2. The summed E-state index contributed by atoms with van der Waals surface area (Å²) in [6.07, 6.45) is 4.96. The van der Waals surface area contributed by atoms with Gasteiger partial charge >= 0.3 is 0 Å². The van der Waals surface area contributed by atoms with Gasteiger partial charge in [-0.05, 0) is 18.8 Å². The van der Waals surface area contributed by atoms with Crippen molar-refractivity contribution in [2.45, 2.75) is 32.1 Å². The number of carbonyl (C=O) groups is 1. The number of hydrogen-bond acceptors (Lipinski definition) is 5. The van der Waals surface area contributed by atoms with Crippen molar-refractivity contribution in [3.05, 3.63) is 29.2 Å². The molecule has 0 aliphatic heterocycles. The van der Waals surface area contributed by atoms with E-state index in [0.717, 1.165) is 24.1 Å². The molecule has 0 aromatic carbocycles. The predicted molar refractivity (Wildman–Crippen MR) is 75.6 cm³/mol. The summed E-state index contributed by atoms with van der Waals surface area (Å²) in [6, 6.07) is 2.04. The molecule has 1 heterocycles. The second-order valence-corrected chi connectivity index (χ2v) is 5.96. The Bertz CT molecular complexity index is 689. The summed E-state index contributed by atoms with van der Waals surface area (Å²) in [7, 11) is 1.60. The quantitative estimate of drug-likeness (QED) is 0.787. The number of methoxy groups -OCH3 is 1. The Morgan fingerprint density at radius 3 is 2.90 bits per heavy atom. The van der Waals surface area contributed by atoms with Crippen molar-refractivity contribution in [2.75, 3.05) is 7.11 Å². The Hall–Kier alpha value is -2.22. The van der Waals surface area contributed by atoms with Gasteiger partial charge in [0.1, 0.15) is 12.4 Å². The number of hydrogen-bond donors (Lipinski definition) is 0. The van der Waals surface area contributed by atoms with Crippen LogP contribution in [0, 0.1) is 23.2 Å². The Morgan fingerprint density at radius 2 is 2.24 bits per heavy atom. The molecule has 0 spiro atoms. The molecule has 0 radical (unpaired) electrons. The number of ketones is 1. The van der Waals surface area contributed by atoms with Crippen LogP contribution in [-0.4, -0.2) is 22.9 Å². The van der Waals surface area contributed by atoms with Crippen LogP contribution < -0.4 is 4.74 Å². The van der Waals surface area contributed by atoms with Crippen LogP contribution in [0.15, 0.2) is 18.0 Å². The van der Waals surface area contributed by atoms with Crippen LogP contribution in [0.4, 0.5) is 0 Å². The highest BCUT2D eigenvalue weighted by molar-refractivity contribution is 6.02. The Labute approximate surface area is 123 Å². The van der Waals surface area contributed by atoms with Crippen LogP contribution in [0.5, 0.6) is 5.88 Å². The number of rotatable bonds is 1. The minimum atomic E-state index is -0.414. The molecule has 0 bridgehead atoms. The summed E-state index contributed by atoms with van der Waals surface area (Å²) in [4.78, 5) is 20.9. The molecule has 5 nitrogen and oxygen atoms in total. The third-order valence-electron chi connectivity index (χ3n) is 4.93. The summed E-state index contributed by atoms with van der Waals surface area (Å²) in [5.41, 5.74) is 1.71. The number of ether oxygens (including phenoxy) is 1. The fourth-order valence-corrected chi connectivity index (χ4v) is 3.87. The van der Waals surface area contributed by atoms with Crippen LogP contribution in [0.2, 0.25) is 0 Å². The standard InChI is InChI=1S/C16H17N3O2/c1-9-12-5-4-11-14(18-8-19-15(11)21-3)16(12,2)6-10(7-17)13(9)20/h6,8-9,12H,4-5H2,1-3H3. The predicted octanol–water partition coefficient (Wildman–Crippen LogP) is 1.97. The molecule has 1 aromatic heterocycles. The fraction of sp³-hybridized carbons (Fsp3) is 0.500. The normalized spacial score (nSPS) is 30.8. The van der Waals surface area contributed by atoms with E-state index in [1.807, 2.05) is 13.0 Å². The molecule has 0 saturated carbocycles. The molecular formula is C16H17N3O2. The maximum atomic E-state index is 12.2. The van der Waals surface area contributed by atoms with Crippen LogP contribution in [0.3, 0.4) is 0 Å². The van der Waals surface area contributed by atoms with Gasteiger partial charge in [-0.3, -0.25) is 4.79 Å². The summed E-state index contributed by atoms with van der Waals surface area (Å²) in [6.45, 7) is 3.97. The molecule has 2 aliphatic carbocycles. The Kier molecular flexibility index (Phi) is 3.05. The second kappa shape index (κ2) is 4.66. The van der Waals surface area contributed by atoms with Crippen LogP contribution in [-0.2, 0) is 16.6 Å². The minimum absolute atomic E-state index is 0.0514. The third kappa shape index (κ3) is 1.79. The first-order valence-electron chi connectivity index (χ1n) is 7.08. The molecule has 108 valence electrons. The zero-order valence-corrected chi connectivity index (χ0v) is 12.4. The molecule has 2 aliphatic rings. The molecule has 3 atom stereocenters. The van der Waals surface area contributed by atoms with Crippen LogP contribution >= 0.6 is 0 Å². The van der Waals surface area contributed by atoms with E-state index in [0.29, 0.717) is 5.88 Å². The number of carbonyl (C=O) groups excluding carboxylic acids is 1. The summed E-state index contributed by atoms with van der Waals surface area (Å²) in [5.74, 6) is 0.540. The number of nitriles is 1. The van der Waals surface area contributed by atoms with Gasteiger partial charge in [0, 0.05) is 16.9 Å². The lowest BCUT2D eigenvalue weighted by atomic mass is 9.58. The van der Waals surface area contributed by atoms with Gasteiger partial charge in [-0.25, -0.2) is 9.97 Å². The monoisotopic (exact) mass is 283 g/mol. The van der Waals surface area contributed by atoms with Gasteiger partial charge in [0.2, 0.25) is 5.88 Å². The molecule has 0 saturated heterocycles.